The zero-order valence-electron chi connectivity index (χ0n) is 17.7. The number of hydrogen-bond acceptors (Lipinski definition) is 3. The molecule has 4 rings (SSSR count). The van der Waals surface area contributed by atoms with Crippen molar-refractivity contribution in [2.45, 2.75) is 26.2 Å². The lowest BCUT2D eigenvalue weighted by Gasteiger charge is -2.37. The summed E-state index contributed by atoms with van der Waals surface area (Å²) in [6.07, 6.45) is 2.36. The van der Waals surface area contributed by atoms with Gasteiger partial charge >= 0.3 is 6.03 Å². The predicted octanol–water partition coefficient (Wildman–Crippen LogP) is 4.29. The van der Waals surface area contributed by atoms with E-state index < -0.39 is 5.82 Å². The first kappa shape index (κ1) is 21.3. The fraction of sp³-hybridized carbons (Fsp3) is 0.417. The molecule has 0 radical (unpaired) electrons. The Morgan fingerprint density at radius 2 is 1.84 bits per heavy atom. The van der Waals surface area contributed by atoms with Gasteiger partial charge in [0.25, 0.3) is 0 Å². The smallest absolute Gasteiger partial charge is 0.321 e. The van der Waals surface area contributed by atoms with Crippen LogP contribution in [0.4, 0.5) is 20.6 Å². The van der Waals surface area contributed by atoms with Crippen molar-refractivity contribution in [3.63, 3.8) is 0 Å². The van der Waals surface area contributed by atoms with E-state index in [0.717, 1.165) is 12.1 Å². The minimum absolute atomic E-state index is 0.185. The van der Waals surface area contributed by atoms with E-state index in [1.165, 1.54) is 17.7 Å². The lowest BCUT2D eigenvalue weighted by atomic mass is 9.71. The number of hydrogen-bond donors (Lipinski definition) is 2. The molecule has 0 saturated carbocycles. The van der Waals surface area contributed by atoms with E-state index in [0.29, 0.717) is 44.8 Å². The number of carbonyl (C=O) groups is 2. The third kappa shape index (κ3) is 4.71. The van der Waals surface area contributed by atoms with Crippen LogP contribution in [0.1, 0.15) is 25.3 Å². The third-order valence-corrected chi connectivity index (χ3v) is 6.45. The summed E-state index contributed by atoms with van der Waals surface area (Å²) in [4.78, 5) is 27.8. The number of carbonyl (C=O) groups excluding carboxylic acids is 2. The first-order chi connectivity index (χ1) is 15.0. The van der Waals surface area contributed by atoms with Crippen molar-refractivity contribution < 1.29 is 18.7 Å². The molecule has 1 spiro atoms. The Labute approximate surface area is 181 Å². The van der Waals surface area contributed by atoms with Gasteiger partial charge in [0.15, 0.2) is 0 Å². The number of aryl methyl sites for hydroxylation is 1. The van der Waals surface area contributed by atoms with Gasteiger partial charge in [0.1, 0.15) is 5.82 Å². The minimum Gasteiger partial charge on any atom is -0.381 e. The second-order valence-electron chi connectivity index (χ2n) is 8.39. The highest BCUT2D eigenvalue weighted by molar-refractivity contribution is 5.95. The summed E-state index contributed by atoms with van der Waals surface area (Å²) in [5, 5.41) is 5.79. The molecule has 2 aliphatic rings. The topological polar surface area (TPSA) is 70.7 Å². The lowest BCUT2D eigenvalue weighted by Crippen LogP contribution is -2.42. The number of rotatable bonds is 4. The Morgan fingerprint density at radius 1 is 1.10 bits per heavy atom. The van der Waals surface area contributed by atoms with Crippen LogP contribution in [0.5, 0.6) is 0 Å². The first-order valence-electron chi connectivity index (χ1n) is 10.8. The molecule has 0 aromatic heterocycles. The highest BCUT2D eigenvalue weighted by Gasteiger charge is 2.51. The van der Waals surface area contributed by atoms with Crippen LogP contribution in [-0.4, -0.2) is 43.1 Å². The molecule has 0 aliphatic carbocycles. The molecule has 6 nitrogen and oxygen atoms in total. The van der Waals surface area contributed by atoms with E-state index in [9.17, 15) is 14.0 Å². The fourth-order valence-corrected chi connectivity index (χ4v) is 4.59. The molecule has 2 aromatic rings. The van der Waals surface area contributed by atoms with Crippen molar-refractivity contribution in [2.24, 2.45) is 11.3 Å². The molecule has 0 unspecified atom stereocenters. The SMILES string of the molecule is CCc1ccc(NC(=O)N2C[C@@H](C(=O)Nc3cccc(F)c3)C3(CCOCC3)C2)cc1. The van der Waals surface area contributed by atoms with Gasteiger partial charge in [0.05, 0.1) is 5.92 Å². The maximum atomic E-state index is 13.5. The van der Waals surface area contributed by atoms with Crippen molar-refractivity contribution >= 4 is 23.3 Å². The van der Waals surface area contributed by atoms with Crippen LogP contribution in [0.25, 0.3) is 0 Å². The molecule has 1 atom stereocenters. The molecular formula is C24H28FN3O3. The number of nitrogens with zero attached hydrogens (tertiary/aromatic N) is 1. The fourth-order valence-electron chi connectivity index (χ4n) is 4.59. The van der Waals surface area contributed by atoms with Gasteiger partial charge in [-0.25, -0.2) is 9.18 Å². The van der Waals surface area contributed by atoms with Gasteiger partial charge in [-0.3, -0.25) is 4.79 Å². The Kier molecular flexibility index (Phi) is 6.23. The zero-order chi connectivity index (χ0) is 21.8. The Bertz CT molecular complexity index is 941. The van der Waals surface area contributed by atoms with E-state index in [1.807, 2.05) is 24.3 Å². The maximum absolute atomic E-state index is 13.5. The summed E-state index contributed by atoms with van der Waals surface area (Å²) in [5.41, 5.74) is 2.02. The predicted molar refractivity (Wildman–Crippen MR) is 117 cm³/mol. The second-order valence-corrected chi connectivity index (χ2v) is 8.39. The standard InChI is InChI=1S/C24H28FN3O3/c1-2-17-6-8-19(9-7-17)27-23(30)28-15-21(24(16-28)10-12-31-13-11-24)22(29)26-20-5-3-4-18(25)14-20/h3-9,14,21H,2,10-13,15-16H2,1H3,(H,26,29)(H,27,30)/t21-/m0/s1. The number of halogens is 1. The van der Waals surface area contributed by atoms with Gasteiger partial charge in [0, 0.05) is 43.1 Å². The van der Waals surface area contributed by atoms with Gasteiger partial charge in [-0.1, -0.05) is 25.1 Å². The largest absolute Gasteiger partial charge is 0.381 e. The van der Waals surface area contributed by atoms with E-state index >= 15 is 0 Å². The summed E-state index contributed by atoms with van der Waals surface area (Å²) in [7, 11) is 0. The Balaban J connectivity index is 1.49. The summed E-state index contributed by atoms with van der Waals surface area (Å²) in [5.74, 6) is -0.969. The van der Waals surface area contributed by atoms with Gasteiger partial charge < -0.3 is 20.3 Å². The van der Waals surface area contributed by atoms with E-state index in [2.05, 4.69) is 17.6 Å². The molecule has 2 aromatic carbocycles. The van der Waals surface area contributed by atoms with Gasteiger partial charge in [-0.15, -0.1) is 0 Å². The van der Waals surface area contributed by atoms with Crippen molar-refractivity contribution in [1.82, 2.24) is 4.90 Å². The monoisotopic (exact) mass is 425 g/mol. The molecule has 3 amide bonds. The van der Waals surface area contributed by atoms with Crippen molar-refractivity contribution in [3.8, 4) is 0 Å². The summed E-state index contributed by atoms with van der Waals surface area (Å²) < 4.78 is 19.1. The summed E-state index contributed by atoms with van der Waals surface area (Å²) in [6, 6.07) is 13.4. The van der Waals surface area contributed by atoms with Crippen molar-refractivity contribution in [1.29, 1.82) is 0 Å². The molecule has 164 valence electrons. The Hall–Kier alpha value is -2.93. The highest BCUT2D eigenvalue weighted by Crippen LogP contribution is 2.45. The van der Waals surface area contributed by atoms with Crippen LogP contribution in [-0.2, 0) is 16.0 Å². The van der Waals surface area contributed by atoms with Crippen LogP contribution in [0.15, 0.2) is 48.5 Å². The molecule has 2 aliphatic heterocycles. The van der Waals surface area contributed by atoms with Crippen LogP contribution >= 0.6 is 0 Å². The number of amides is 3. The van der Waals surface area contributed by atoms with Crippen molar-refractivity contribution in [2.75, 3.05) is 36.9 Å². The molecular weight excluding hydrogens is 397 g/mol. The zero-order valence-corrected chi connectivity index (χ0v) is 17.7. The number of ether oxygens (including phenoxy) is 1. The molecule has 2 N–H and O–H groups in total. The highest BCUT2D eigenvalue weighted by atomic mass is 19.1. The maximum Gasteiger partial charge on any atom is 0.321 e. The number of anilines is 2. The minimum atomic E-state index is -0.403. The molecule has 2 fully saturated rings. The van der Waals surface area contributed by atoms with Crippen LogP contribution in [0.3, 0.4) is 0 Å². The molecule has 31 heavy (non-hydrogen) atoms. The summed E-state index contributed by atoms with van der Waals surface area (Å²) >= 11 is 0. The number of likely N-dealkylation sites (tertiary alicyclic amines) is 1. The van der Waals surface area contributed by atoms with Crippen molar-refractivity contribution in [3.05, 3.63) is 59.9 Å². The molecule has 2 saturated heterocycles. The normalized spacial score (nSPS) is 19.9. The third-order valence-electron chi connectivity index (χ3n) is 6.45. The summed E-state index contributed by atoms with van der Waals surface area (Å²) in [6.45, 7) is 4.03. The first-order valence-corrected chi connectivity index (χ1v) is 10.8. The second kappa shape index (κ2) is 9.06. The quantitative estimate of drug-likeness (QED) is 0.768. The van der Waals surface area contributed by atoms with E-state index in [1.54, 1.807) is 17.0 Å². The van der Waals surface area contributed by atoms with Gasteiger partial charge in [-0.05, 0) is 55.2 Å². The van der Waals surface area contributed by atoms with Gasteiger partial charge in [-0.2, -0.15) is 0 Å². The lowest BCUT2D eigenvalue weighted by molar-refractivity contribution is -0.124. The van der Waals surface area contributed by atoms with Crippen LogP contribution < -0.4 is 10.6 Å². The van der Waals surface area contributed by atoms with E-state index in [-0.39, 0.29) is 23.3 Å². The average molecular weight is 426 g/mol. The average Bonchev–Trinajstić information content (AvgIpc) is 3.13. The van der Waals surface area contributed by atoms with Gasteiger partial charge in [0.2, 0.25) is 5.91 Å². The number of nitrogens with one attached hydrogen (secondary N) is 2. The van der Waals surface area contributed by atoms with E-state index in [4.69, 9.17) is 4.74 Å². The van der Waals surface area contributed by atoms with Crippen LogP contribution in [0, 0.1) is 17.2 Å². The Morgan fingerprint density at radius 3 is 2.52 bits per heavy atom. The molecule has 2 heterocycles. The number of urea groups is 1. The number of benzene rings is 2. The molecule has 7 heteroatoms. The molecule has 0 bridgehead atoms. The van der Waals surface area contributed by atoms with Crippen LogP contribution in [0.2, 0.25) is 0 Å².